The van der Waals surface area contributed by atoms with Crippen LogP contribution in [0.5, 0.6) is 0 Å². The van der Waals surface area contributed by atoms with Gasteiger partial charge in [-0.15, -0.1) is 0 Å². The number of nitrogens with zero attached hydrogens (tertiary/aromatic N) is 2. The van der Waals surface area contributed by atoms with Crippen LogP contribution in [0.4, 0.5) is 5.69 Å². The Bertz CT molecular complexity index is 517. The van der Waals surface area contributed by atoms with Gasteiger partial charge in [-0.2, -0.15) is 5.10 Å². The Labute approximate surface area is 116 Å². The molecule has 0 aliphatic rings. The van der Waals surface area contributed by atoms with Crippen LogP contribution in [-0.2, 0) is 6.54 Å². The molecule has 0 saturated heterocycles. The van der Waals surface area contributed by atoms with Gasteiger partial charge in [-0.3, -0.25) is 10.1 Å². The number of anilines is 1. The van der Waals surface area contributed by atoms with Crippen molar-refractivity contribution in [1.82, 2.24) is 15.2 Å². The summed E-state index contributed by atoms with van der Waals surface area (Å²) in [6, 6.07) is 1.99. The van der Waals surface area contributed by atoms with Gasteiger partial charge in [-0.05, 0) is 51.8 Å². The molecule has 2 aromatic heterocycles. The first-order valence-corrected chi connectivity index (χ1v) is 6.72. The van der Waals surface area contributed by atoms with Gasteiger partial charge in [-0.1, -0.05) is 0 Å². The van der Waals surface area contributed by atoms with Gasteiger partial charge in [0.25, 0.3) is 0 Å². The van der Waals surface area contributed by atoms with Crippen molar-refractivity contribution in [3.05, 3.63) is 38.3 Å². The van der Waals surface area contributed by atoms with Crippen molar-refractivity contribution in [2.24, 2.45) is 0 Å². The molecule has 0 unspecified atom stereocenters. The van der Waals surface area contributed by atoms with Crippen LogP contribution < -0.4 is 5.32 Å². The van der Waals surface area contributed by atoms with E-state index in [1.165, 1.54) is 0 Å². The summed E-state index contributed by atoms with van der Waals surface area (Å²) < 4.78 is 1.95. The summed E-state index contributed by atoms with van der Waals surface area (Å²) in [5.74, 6) is 0. The second-order valence-electron chi connectivity index (χ2n) is 3.74. The number of hydrogen-bond acceptors (Lipinski definition) is 3. The normalized spacial score (nSPS) is 10.6. The molecule has 0 atom stereocenters. The number of halogens is 2. The molecular weight excluding hydrogens is 348 g/mol. The van der Waals surface area contributed by atoms with Crippen LogP contribution in [0.25, 0.3) is 0 Å². The number of nitrogens with one attached hydrogen (secondary N) is 2. The van der Waals surface area contributed by atoms with Gasteiger partial charge in [0.1, 0.15) is 0 Å². The van der Waals surface area contributed by atoms with Gasteiger partial charge in [0.15, 0.2) is 0 Å². The molecule has 0 saturated carbocycles. The van der Waals surface area contributed by atoms with Crippen LogP contribution >= 0.6 is 31.9 Å². The maximum Gasteiger partial charge on any atom is 0.0825 e. The van der Waals surface area contributed by atoms with Gasteiger partial charge in [-0.25, -0.2) is 0 Å². The lowest BCUT2D eigenvalue weighted by molar-refractivity contribution is 1.02. The predicted octanol–water partition coefficient (Wildman–Crippen LogP) is 3.56. The molecule has 2 N–H and O–H groups in total. The minimum atomic E-state index is 0.662. The molecule has 2 heterocycles. The molecule has 0 aliphatic carbocycles. The highest BCUT2D eigenvalue weighted by atomic mass is 79.9. The quantitative estimate of drug-likeness (QED) is 0.880. The number of hydrogen-bond donors (Lipinski definition) is 2. The largest absolute Gasteiger partial charge is 0.376 e. The SMILES string of the molecule is Cc1n[nH]c(C)c1NCc1ncc(Br)cc1Br. The third-order valence-corrected chi connectivity index (χ3v) is 3.57. The zero-order chi connectivity index (χ0) is 12.4. The monoisotopic (exact) mass is 358 g/mol. The van der Waals surface area contributed by atoms with E-state index in [-0.39, 0.29) is 0 Å². The number of aromatic amines is 1. The lowest BCUT2D eigenvalue weighted by Crippen LogP contribution is -2.03. The van der Waals surface area contributed by atoms with E-state index in [1.54, 1.807) is 6.20 Å². The van der Waals surface area contributed by atoms with Crippen LogP contribution in [0, 0.1) is 13.8 Å². The van der Waals surface area contributed by atoms with Crippen molar-refractivity contribution in [1.29, 1.82) is 0 Å². The number of aryl methyl sites for hydroxylation is 2. The minimum Gasteiger partial charge on any atom is -0.376 e. The van der Waals surface area contributed by atoms with E-state index in [0.717, 1.165) is 31.7 Å². The fourth-order valence-corrected chi connectivity index (χ4v) is 2.68. The Morgan fingerprint density at radius 1 is 1.35 bits per heavy atom. The molecule has 2 rings (SSSR count). The fraction of sp³-hybridized carbons (Fsp3) is 0.273. The summed E-state index contributed by atoms with van der Waals surface area (Å²) in [5.41, 5.74) is 4.02. The van der Waals surface area contributed by atoms with Gasteiger partial charge < -0.3 is 5.32 Å². The molecule has 0 radical (unpaired) electrons. The van der Waals surface area contributed by atoms with E-state index in [1.807, 2.05) is 19.9 Å². The average molecular weight is 360 g/mol. The molecule has 6 heteroatoms. The third kappa shape index (κ3) is 2.87. The molecule has 0 aliphatic heterocycles. The van der Waals surface area contributed by atoms with E-state index in [4.69, 9.17) is 0 Å². The van der Waals surface area contributed by atoms with E-state index < -0.39 is 0 Å². The molecule has 0 bridgehead atoms. The Kier molecular flexibility index (Phi) is 3.83. The van der Waals surface area contributed by atoms with Crippen molar-refractivity contribution in [3.63, 3.8) is 0 Å². The van der Waals surface area contributed by atoms with E-state index in [0.29, 0.717) is 6.54 Å². The van der Waals surface area contributed by atoms with Crippen molar-refractivity contribution < 1.29 is 0 Å². The van der Waals surface area contributed by atoms with Crippen molar-refractivity contribution in [2.45, 2.75) is 20.4 Å². The molecule has 0 amide bonds. The molecule has 2 aromatic rings. The van der Waals surface area contributed by atoms with E-state index in [9.17, 15) is 0 Å². The molecule has 90 valence electrons. The zero-order valence-electron chi connectivity index (χ0n) is 9.51. The Balaban J connectivity index is 2.13. The molecule has 0 aromatic carbocycles. The fourth-order valence-electron chi connectivity index (χ4n) is 1.56. The maximum atomic E-state index is 4.35. The first-order valence-electron chi connectivity index (χ1n) is 5.13. The zero-order valence-corrected chi connectivity index (χ0v) is 12.7. The first kappa shape index (κ1) is 12.6. The van der Waals surface area contributed by atoms with Crippen molar-refractivity contribution in [2.75, 3.05) is 5.32 Å². The number of aromatic nitrogens is 3. The van der Waals surface area contributed by atoms with Crippen molar-refractivity contribution in [3.8, 4) is 0 Å². The number of pyridine rings is 1. The Morgan fingerprint density at radius 3 is 2.71 bits per heavy atom. The lowest BCUT2D eigenvalue weighted by Gasteiger charge is -2.07. The molecule has 4 nitrogen and oxygen atoms in total. The Hall–Kier alpha value is -0.880. The summed E-state index contributed by atoms with van der Waals surface area (Å²) in [6.07, 6.45) is 1.79. The van der Waals surface area contributed by atoms with Crippen molar-refractivity contribution >= 4 is 37.5 Å². The predicted molar refractivity (Wildman–Crippen MR) is 75.0 cm³/mol. The number of rotatable bonds is 3. The van der Waals surface area contributed by atoms with Gasteiger partial charge in [0, 0.05) is 15.1 Å². The van der Waals surface area contributed by atoms with Crippen LogP contribution in [-0.4, -0.2) is 15.2 Å². The highest BCUT2D eigenvalue weighted by Crippen LogP contribution is 2.22. The van der Waals surface area contributed by atoms with Gasteiger partial charge in [0.05, 0.1) is 29.3 Å². The number of H-pyrrole nitrogens is 1. The summed E-state index contributed by atoms with van der Waals surface area (Å²) in [7, 11) is 0. The van der Waals surface area contributed by atoms with Crippen LogP contribution in [0.2, 0.25) is 0 Å². The maximum absolute atomic E-state index is 4.35. The standard InChI is InChI=1S/C11H12Br2N4/c1-6-11(7(2)17-16-6)15-5-10-9(13)3-8(12)4-14-10/h3-4,15H,5H2,1-2H3,(H,16,17). The minimum absolute atomic E-state index is 0.662. The van der Waals surface area contributed by atoms with E-state index >= 15 is 0 Å². The second kappa shape index (κ2) is 5.18. The summed E-state index contributed by atoms with van der Waals surface area (Å²) in [4.78, 5) is 4.35. The first-order chi connectivity index (χ1) is 8.08. The highest BCUT2D eigenvalue weighted by molar-refractivity contribution is 9.11. The lowest BCUT2D eigenvalue weighted by atomic mass is 10.3. The molecule has 0 spiro atoms. The van der Waals surface area contributed by atoms with Crippen LogP contribution in [0.15, 0.2) is 21.2 Å². The smallest absolute Gasteiger partial charge is 0.0825 e. The topological polar surface area (TPSA) is 53.6 Å². The summed E-state index contributed by atoms with van der Waals surface area (Å²) in [5, 5.41) is 10.4. The second-order valence-corrected chi connectivity index (χ2v) is 5.51. The molecule has 17 heavy (non-hydrogen) atoms. The van der Waals surface area contributed by atoms with Gasteiger partial charge in [0.2, 0.25) is 0 Å². The summed E-state index contributed by atoms with van der Waals surface area (Å²) >= 11 is 6.87. The van der Waals surface area contributed by atoms with Crippen LogP contribution in [0.3, 0.4) is 0 Å². The van der Waals surface area contributed by atoms with E-state index in [2.05, 4.69) is 52.4 Å². The Morgan fingerprint density at radius 2 is 2.12 bits per heavy atom. The van der Waals surface area contributed by atoms with Gasteiger partial charge >= 0.3 is 0 Å². The summed E-state index contributed by atoms with van der Waals surface area (Å²) in [6.45, 7) is 4.62. The van der Waals surface area contributed by atoms with Crippen LogP contribution in [0.1, 0.15) is 17.1 Å². The average Bonchev–Trinajstić information content (AvgIpc) is 2.58. The third-order valence-electron chi connectivity index (χ3n) is 2.44. The molecular formula is C11H12Br2N4. The highest BCUT2D eigenvalue weighted by Gasteiger charge is 2.07. The molecule has 0 fully saturated rings.